The van der Waals surface area contributed by atoms with E-state index in [0.717, 1.165) is 11.1 Å². The summed E-state index contributed by atoms with van der Waals surface area (Å²) < 4.78 is 0. The maximum Gasteiger partial charge on any atom is 0.327 e. The number of hydrogen-bond donors (Lipinski definition) is 2. The van der Waals surface area contributed by atoms with Crippen molar-refractivity contribution in [3.05, 3.63) is 41.5 Å². The van der Waals surface area contributed by atoms with Crippen LogP contribution in [0.1, 0.15) is 17.5 Å². The summed E-state index contributed by atoms with van der Waals surface area (Å²) in [6.07, 6.45) is 7.91. The highest BCUT2D eigenvalue weighted by molar-refractivity contribution is 5.94. The first kappa shape index (κ1) is 14.5. The molecule has 0 fully saturated rings. The summed E-state index contributed by atoms with van der Waals surface area (Å²) in [6.45, 7) is 1.95. The molecule has 0 saturated carbocycles. The van der Waals surface area contributed by atoms with Crippen LogP contribution in [0, 0.1) is 19.3 Å². The second-order valence-electron chi connectivity index (χ2n) is 4.06. The summed E-state index contributed by atoms with van der Waals surface area (Å²) in [6, 6.07) is 6.54. The molecule has 1 aromatic carbocycles. The summed E-state index contributed by atoms with van der Waals surface area (Å²) in [5.74, 6) is 0.591. The van der Waals surface area contributed by atoms with E-state index < -0.39 is 17.9 Å². The first-order chi connectivity index (χ1) is 9.02. The van der Waals surface area contributed by atoms with Gasteiger partial charge in [0.05, 0.1) is 0 Å². The molecule has 0 spiro atoms. The first-order valence-corrected chi connectivity index (χ1v) is 5.74. The standard InChI is InChI=1S/C15H15NO3/c1-3-5-13(15(18)19)16-14(17)9-8-12-7-4-6-11(2)10-12/h1,4,6-10,13H,5H2,2H3,(H,16,17)(H,18,19)/b9-8+. The van der Waals surface area contributed by atoms with Crippen LogP contribution in [0.2, 0.25) is 0 Å². The molecule has 2 N–H and O–H groups in total. The van der Waals surface area contributed by atoms with E-state index >= 15 is 0 Å². The normalized spacial score (nSPS) is 11.8. The average Bonchev–Trinajstić information content (AvgIpc) is 2.36. The van der Waals surface area contributed by atoms with E-state index in [-0.39, 0.29) is 6.42 Å². The van der Waals surface area contributed by atoms with Crippen molar-refractivity contribution in [2.24, 2.45) is 0 Å². The second kappa shape index (κ2) is 7.02. The lowest BCUT2D eigenvalue weighted by molar-refractivity contribution is -0.141. The number of aliphatic carboxylic acids is 1. The first-order valence-electron chi connectivity index (χ1n) is 5.74. The Labute approximate surface area is 112 Å². The van der Waals surface area contributed by atoms with Gasteiger partial charge in [-0.15, -0.1) is 12.3 Å². The zero-order valence-electron chi connectivity index (χ0n) is 10.6. The van der Waals surface area contributed by atoms with Crippen LogP contribution in [0.5, 0.6) is 0 Å². The molecular weight excluding hydrogens is 242 g/mol. The van der Waals surface area contributed by atoms with Gasteiger partial charge in [-0.1, -0.05) is 29.8 Å². The number of benzene rings is 1. The van der Waals surface area contributed by atoms with Gasteiger partial charge < -0.3 is 10.4 Å². The number of carboxylic acid groups (broad SMARTS) is 1. The smallest absolute Gasteiger partial charge is 0.327 e. The summed E-state index contributed by atoms with van der Waals surface area (Å²) >= 11 is 0. The van der Waals surface area contributed by atoms with E-state index in [1.54, 1.807) is 6.08 Å². The van der Waals surface area contributed by atoms with Crippen LogP contribution < -0.4 is 5.32 Å². The van der Waals surface area contributed by atoms with Crippen molar-refractivity contribution in [2.75, 3.05) is 0 Å². The molecule has 1 atom stereocenters. The predicted molar refractivity (Wildman–Crippen MR) is 73.2 cm³/mol. The third-order valence-corrected chi connectivity index (χ3v) is 2.41. The molecule has 1 rings (SSSR count). The molecule has 0 saturated heterocycles. The van der Waals surface area contributed by atoms with Crippen molar-refractivity contribution in [2.45, 2.75) is 19.4 Å². The summed E-state index contributed by atoms with van der Waals surface area (Å²) in [4.78, 5) is 22.4. The Hall–Kier alpha value is -2.54. The fraction of sp³-hybridized carbons (Fsp3) is 0.200. The van der Waals surface area contributed by atoms with E-state index in [1.807, 2.05) is 31.2 Å². The summed E-state index contributed by atoms with van der Waals surface area (Å²) in [7, 11) is 0. The van der Waals surface area contributed by atoms with Gasteiger partial charge in [-0.2, -0.15) is 0 Å². The number of carbonyl (C=O) groups excluding carboxylic acids is 1. The van der Waals surface area contributed by atoms with Gasteiger partial charge in [0, 0.05) is 12.5 Å². The van der Waals surface area contributed by atoms with Crippen molar-refractivity contribution in [3.8, 4) is 12.3 Å². The van der Waals surface area contributed by atoms with Crippen molar-refractivity contribution in [1.82, 2.24) is 5.32 Å². The number of aryl methyl sites for hydroxylation is 1. The van der Waals surface area contributed by atoms with Crippen molar-refractivity contribution < 1.29 is 14.7 Å². The van der Waals surface area contributed by atoms with Crippen molar-refractivity contribution in [1.29, 1.82) is 0 Å². The van der Waals surface area contributed by atoms with Gasteiger partial charge >= 0.3 is 5.97 Å². The van der Waals surface area contributed by atoms with E-state index in [2.05, 4.69) is 11.2 Å². The van der Waals surface area contributed by atoms with Crippen LogP contribution in [-0.4, -0.2) is 23.0 Å². The van der Waals surface area contributed by atoms with Gasteiger partial charge in [0.1, 0.15) is 6.04 Å². The number of terminal acetylenes is 1. The topological polar surface area (TPSA) is 66.4 Å². The Kier molecular flexibility index (Phi) is 5.36. The number of carboxylic acids is 1. The minimum atomic E-state index is -1.14. The minimum Gasteiger partial charge on any atom is -0.480 e. The molecule has 1 amide bonds. The fourth-order valence-corrected chi connectivity index (χ4v) is 1.48. The second-order valence-corrected chi connectivity index (χ2v) is 4.06. The van der Waals surface area contributed by atoms with E-state index in [4.69, 9.17) is 11.5 Å². The lowest BCUT2D eigenvalue weighted by Gasteiger charge is -2.09. The number of nitrogens with one attached hydrogen (secondary N) is 1. The van der Waals surface area contributed by atoms with Gasteiger partial charge in [0.15, 0.2) is 0 Å². The van der Waals surface area contributed by atoms with Gasteiger partial charge in [-0.25, -0.2) is 4.79 Å². The third-order valence-electron chi connectivity index (χ3n) is 2.41. The quantitative estimate of drug-likeness (QED) is 0.622. The fourth-order valence-electron chi connectivity index (χ4n) is 1.48. The Morgan fingerprint density at radius 1 is 1.53 bits per heavy atom. The molecule has 1 aromatic rings. The van der Waals surface area contributed by atoms with Crippen LogP contribution in [0.4, 0.5) is 0 Å². The molecule has 19 heavy (non-hydrogen) atoms. The molecule has 0 aliphatic carbocycles. The highest BCUT2D eigenvalue weighted by Gasteiger charge is 2.17. The Morgan fingerprint density at radius 3 is 2.84 bits per heavy atom. The lowest BCUT2D eigenvalue weighted by atomic mass is 10.1. The van der Waals surface area contributed by atoms with Gasteiger partial charge in [-0.3, -0.25) is 4.79 Å². The molecule has 0 aliphatic rings. The van der Waals surface area contributed by atoms with Gasteiger partial charge in [0.25, 0.3) is 0 Å². The van der Waals surface area contributed by atoms with Crippen LogP contribution in [0.25, 0.3) is 6.08 Å². The van der Waals surface area contributed by atoms with E-state index in [9.17, 15) is 9.59 Å². The molecule has 0 bridgehead atoms. The van der Waals surface area contributed by atoms with Crippen LogP contribution in [0.15, 0.2) is 30.3 Å². The highest BCUT2D eigenvalue weighted by Crippen LogP contribution is 2.05. The minimum absolute atomic E-state index is 0.0423. The number of hydrogen-bond acceptors (Lipinski definition) is 2. The lowest BCUT2D eigenvalue weighted by Crippen LogP contribution is -2.39. The Bertz CT molecular complexity index is 541. The molecule has 0 aromatic heterocycles. The molecule has 98 valence electrons. The zero-order valence-corrected chi connectivity index (χ0v) is 10.6. The SMILES string of the molecule is C#CCC(NC(=O)/C=C/c1cccc(C)c1)C(=O)O. The molecule has 0 heterocycles. The van der Waals surface area contributed by atoms with E-state index in [0.29, 0.717) is 0 Å². The molecule has 4 heteroatoms. The van der Waals surface area contributed by atoms with Crippen LogP contribution in [-0.2, 0) is 9.59 Å². The highest BCUT2D eigenvalue weighted by atomic mass is 16.4. The monoisotopic (exact) mass is 257 g/mol. The maximum atomic E-state index is 11.6. The summed E-state index contributed by atoms with van der Waals surface area (Å²) in [5.41, 5.74) is 1.96. The number of carbonyl (C=O) groups is 2. The Morgan fingerprint density at radius 2 is 2.26 bits per heavy atom. The Balaban J connectivity index is 2.64. The molecule has 1 unspecified atom stereocenters. The molecule has 0 radical (unpaired) electrons. The van der Waals surface area contributed by atoms with Gasteiger partial charge in [-0.05, 0) is 18.6 Å². The molecule has 0 aliphatic heterocycles. The van der Waals surface area contributed by atoms with Crippen LogP contribution >= 0.6 is 0 Å². The zero-order chi connectivity index (χ0) is 14.3. The molecular formula is C15H15NO3. The third kappa shape index (κ3) is 5.09. The molecule has 4 nitrogen and oxygen atoms in total. The van der Waals surface area contributed by atoms with Gasteiger partial charge in [0.2, 0.25) is 5.91 Å². The van der Waals surface area contributed by atoms with Crippen molar-refractivity contribution >= 4 is 18.0 Å². The predicted octanol–water partition coefficient (Wildman–Crippen LogP) is 1.60. The van der Waals surface area contributed by atoms with Crippen molar-refractivity contribution in [3.63, 3.8) is 0 Å². The van der Waals surface area contributed by atoms with Crippen LogP contribution in [0.3, 0.4) is 0 Å². The number of rotatable bonds is 5. The summed E-state index contributed by atoms with van der Waals surface area (Å²) in [5, 5.41) is 11.2. The number of amides is 1. The average molecular weight is 257 g/mol. The largest absolute Gasteiger partial charge is 0.480 e. The maximum absolute atomic E-state index is 11.6. The van der Waals surface area contributed by atoms with E-state index in [1.165, 1.54) is 6.08 Å².